The minimum absolute atomic E-state index is 0. The summed E-state index contributed by atoms with van der Waals surface area (Å²) in [5.74, 6) is 5.37. The first-order chi connectivity index (χ1) is 11.9. The van der Waals surface area contributed by atoms with Crippen LogP contribution in [0.15, 0.2) is 0 Å². The molecule has 1 nitrogen and oxygen atoms in total. The van der Waals surface area contributed by atoms with Gasteiger partial charge >= 0.3 is 0 Å². The Morgan fingerprint density at radius 1 is 0.923 bits per heavy atom. The van der Waals surface area contributed by atoms with Crippen LogP contribution in [-0.4, -0.2) is 5.78 Å². The third-order valence-electron chi connectivity index (χ3n) is 9.86. The maximum atomic E-state index is 11.3. The molecule has 0 radical (unpaired) electrons. The summed E-state index contributed by atoms with van der Waals surface area (Å²) >= 11 is 0. The number of fused-ring (bicyclic) bond motifs is 5. The van der Waals surface area contributed by atoms with Crippen LogP contribution in [0.3, 0.4) is 0 Å². The van der Waals surface area contributed by atoms with Crippen LogP contribution in [0, 0.1) is 40.4 Å². The monoisotopic (exact) mass is 362 g/mol. The lowest BCUT2D eigenvalue weighted by Gasteiger charge is -2.60. The second-order valence-corrected chi connectivity index (χ2v) is 10.8. The Labute approximate surface area is 164 Å². The van der Waals surface area contributed by atoms with Gasteiger partial charge in [-0.25, -0.2) is 0 Å². The molecule has 152 valence electrons. The van der Waals surface area contributed by atoms with Crippen LogP contribution in [0.25, 0.3) is 0 Å². The van der Waals surface area contributed by atoms with Gasteiger partial charge in [0.2, 0.25) is 0 Å². The van der Waals surface area contributed by atoms with Gasteiger partial charge in [0, 0.05) is 7.85 Å². The van der Waals surface area contributed by atoms with Crippen molar-refractivity contribution in [3.8, 4) is 0 Å². The van der Waals surface area contributed by atoms with Crippen LogP contribution < -0.4 is 0 Å². The van der Waals surface area contributed by atoms with Crippen LogP contribution >= 0.6 is 0 Å². The molecule has 7 unspecified atom stereocenters. The maximum Gasteiger partial charge on any atom is 0.129 e. The van der Waals surface area contributed by atoms with E-state index >= 15 is 0 Å². The molecule has 7 atom stereocenters. The van der Waals surface area contributed by atoms with E-state index in [1.165, 1.54) is 70.6 Å². The Morgan fingerprint density at radius 2 is 1.69 bits per heavy atom. The van der Waals surface area contributed by atoms with Crippen molar-refractivity contribution >= 4 is 5.78 Å². The lowest BCUT2D eigenvalue weighted by molar-refractivity contribution is -0.117. The topological polar surface area (TPSA) is 17.1 Å². The van der Waals surface area contributed by atoms with E-state index in [9.17, 15) is 4.79 Å². The first-order valence-electron chi connectivity index (χ1n) is 11.4. The number of hydrogen-bond acceptors (Lipinski definition) is 1. The molecule has 4 aliphatic rings. The van der Waals surface area contributed by atoms with E-state index in [0.717, 1.165) is 42.4 Å². The second kappa shape index (κ2) is 7.59. The highest BCUT2D eigenvalue weighted by Gasteiger charge is 2.59. The second-order valence-electron chi connectivity index (χ2n) is 10.8. The number of ketones is 1. The fourth-order valence-electron chi connectivity index (χ4n) is 8.48. The highest BCUT2D eigenvalue weighted by Crippen LogP contribution is 2.67. The van der Waals surface area contributed by atoms with Gasteiger partial charge in [-0.1, -0.05) is 34.1 Å². The van der Waals surface area contributed by atoms with Crippen molar-refractivity contribution in [1.82, 2.24) is 0 Å². The van der Waals surface area contributed by atoms with Gasteiger partial charge in [0.05, 0.1) is 0 Å². The molecule has 0 aromatic carbocycles. The summed E-state index contributed by atoms with van der Waals surface area (Å²) in [5, 5.41) is 0. The highest BCUT2D eigenvalue weighted by molar-refractivity contribution is 5.75. The van der Waals surface area contributed by atoms with Gasteiger partial charge in [-0.3, -0.25) is 0 Å². The standard InChI is InChI=1S/C24H40O.CH4.H2/c1-17(25)7-6-9-19-11-13-21-20-12-10-18-8-4-5-15-23(18,2)22(20)14-16-24(19,21)3;;/h18-22H,4-16H2,1-3H3;1H4;1H. The molecule has 0 aromatic rings. The molecule has 0 aromatic heterocycles. The van der Waals surface area contributed by atoms with Gasteiger partial charge < -0.3 is 4.79 Å². The molecule has 0 bridgehead atoms. The number of rotatable bonds is 4. The molecule has 0 N–H and O–H groups in total. The van der Waals surface area contributed by atoms with Crippen LogP contribution in [0.5, 0.6) is 0 Å². The predicted octanol–water partition coefficient (Wildman–Crippen LogP) is 7.68. The molecule has 1 heteroatoms. The molecule has 0 aliphatic heterocycles. The first kappa shape index (κ1) is 20.4. The molecule has 0 spiro atoms. The zero-order chi connectivity index (χ0) is 17.7. The zero-order valence-electron chi connectivity index (χ0n) is 17.0. The number of hydrogen-bond donors (Lipinski definition) is 0. The number of carbonyl (C=O) groups excluding carboxylic acids is 1. The van der Waals surface area contributed by atoms with Gasteiger partial charge in [0.15, 0.2) is 0 Å². The van der Waals surface area contributed by atoms with Gasteiger partial charge in [-0.05, 0) is 112 Å². The van der Waals surface area contributed by atoms with Crippen LogP contribution in [-0.2, 0) is 4.79 Å². The predicted molar refractivity (Wildman–Crippen MR) is 113 cm³/mol. The van der Waals surface area contributed by atoms with Gasteiger partial charge in [-0.15, -0.1) is 0 Å². The van der Waals surface area contributed by atoms with Crippen molar-refractivity contribution in [2.45, 2.75) is 112 Å². The molecule has 4 fully saturated rings. The SMILES string of the molecule is C.CC(=O)CCCC1CCC2C3CCC4CCCCC4(C)C3CCC12C.[HH]. The average Bonchev–Trinajstić information content (AvgIpc) is 2.91. The molecule has 4 saturated carbocycles. The summed E-state index contributed by atoms with van der Waals surface area (Å²) in [5.41, 5.74) is 1.27. The Balaban J connectivity index is 0.00000131. The third kappa shape index (κ3) is 3.20. The van der Waals surface area contributed by atoms with Crippen LogP contribution in [0.4, 0.5) is 0 Å². The fraction of sp³-hybridized carbons (Fsp3) is 0.960. The highest BCUT2D eigenvalue weighted by atomic mass is 16.1. The molecular formula is C25H46O. The summed E-state index contributed by atoms with van der Waals surface area (Å²) < 4.78 is 0. The zero-order valence-corrected chi connectivity index (χ0v) is 17.0. The van der Waals surface area contributed by atoms with Crippen molar-refractivity contribution < 1.29 is 6.22 Å². The minimum atomic E-state index is 0. The number of carbonyl (C=O) groups is 1. The van der Waals surface area contributed by atoms with E-state index < -0.39 is 0 Å². The van der Waals surface area contributed by atoms with Gasteiger partial charge in [-0.2, -0.15) is 0 Å². The maximum absolute atomic E-state index is 11.3. The lowest BCUT2D eigenvalue weighted by Crippen LogP contribution is -2.52. The van der Waals surface area contributed by atoms with Crippen molar-refractivity contribution in [2.75, 3.05) is 0 Å². The largest absolute Gasteiger partial charge is 0.300 e. The number of Topliss-reactive ketones (excluding diaryl/α,β-unsaturated/α-hetero) is 1. The van der Waals surface area contributed by atoms with Crippen molar-refractivity contribution in [3.63, 3.8) is 0 Å². The Morgan fingerprint density at radius 3 is 2.46 bits per heavy atom. The molecule has 0 saturated heterocycles. The fourth-order valence-corrected chi connectivity index (χ4v) is 8.48. The summed E-state index contributed by atoms with van der Waals surface area (Å²) in [6.07, 6.45) is 18.3. The van der Waals surface area contributed by atoms with Crippen LogP contribution in [0.1, 0.15) is 113 Å². The summed E-state index contributed by atoms with van der Waals surface area (Å²) in [7, 11) is 0. The van der Waals surface area contributed by atoms with Crippen molar-refractivity contribution in [3.05, 3.63) is 0 Å². The Kier molecular flexibility index (Phi) is 5.96. The molecule has 4 rings (SSSR count). The van der Waals surface area contributed by atoms with E-state index in [-0.39, 0.29) is 8.85 Å². The molecule has 0 heterocycles. The summed E-state index contributed by atoms with van der Waals surface area (Å²) in [4.78, 5) is 11.3. The van der Waals surface area contributed by atoms with Gasteiger partial charge in [0.25, 0.3) is 0 Å². The lowest BCUT2D eigenvalue weighted by atomic mass is 9.45. The smallest absolute Gasteiger partial charge is 0.129 e. The summed E-state index contributed by atoms with van der Waals surface area (Å²) in [6.45, 7) is 7.10. The van der Waals surface area contributed by atoms with E-state index in [0.29, 0.717) is 16.6 Å². The normalized spacial score (nSPS) is 47.3. The van der Waals surface area contributed by atoms with E-state index in [1.807, 2.05) is 0 Å². The molecule has 26 heavy (non-hydrogen) atoms. The average molecular weight is 363 g/mol. The van der Waals surface area contributed by atoms with E-state index in [2.05, 4.69) is 13.8 Å². The quantitative estimate of drug-likeness (QED) is 0.501. The minimum Gasteiger partial charge on any atom is -0.300 e. The van der Waals surface area contributed by atoms with E-state index in [1.54, 1.807) is 6.92 Å². The third-order valence-corrected chi connectivity index (χ3v) is 9.86. The van der Waals surface area contributed by atoms with Crippen LogP contribution in [0.2, 0.25) is 0 Å². The van der Waals surface area contributed by atoms with E-state index in [4.69, 9.17) is 0 Å². The Hall–Kier alpha value is -0.330. The Bertz CT molecular complexity index is 516. The molecular weight excluding hydrogens is 316 g/mol. The van der Waals surface area contributed by atoms with Crippen molar-refractivity contribution in [2.24, 2.45) is 40.4 Å². The van der Waals surface area contributed by atoms with Gasteiger partial charge in [0.1, 0.15) is 5.78 Å². The molecule has 0 amide bonds. The molecule has 4 aliphatic carbocycles. The van der Waals surface area contributed by atoms with Crippen molar-refractivity contribution in [1.29, 1.82) is 0 Å². The first-order valence-corrected chi connectivity index (χ1v) is 11.4. The summed E-state index contributed by atoms with van der Waals surface area (Å²) in [6, 6.07) is 0.